The summed E-state index contributed by atoms with van der Waals surface area (Å²) in [6.45, 7) is 1.55. The van der Waals surface area contributed by atoms with Crippen LogP contribution in [0.5, 0.6) is 0 Å². The van der Waals surface area contributed by atoms with E-state index in [1.165, 1.54) is 19.3 Å². The monoisotopic (exact) mass is 221 g/mol. The predicted octanol–water partition coefficient (Wildman–Crippen LogP) is 0.0741. The van der Waals surface area contributed by atoms with E-state index in [-0.39, 0.29) is 5.91 Å². The van der Waals surface area contributed by atoms with E-state index in [9.17, 15) is 4.79 Å². The zero-order valence-electron chi connectivity index (χ0n) is 9.12. The molecule has 3 rings (SSSR count). The largest absolute Gasteiger partial charge is 0.339 e. The highest BCUT2D eigenvalue weighted by Crippen LogP contribution is 2.38. The molecule has 2 aliphatic rings. The minimum atomic E-state index is 0.249. The molecule has 1 aliphatic heterocycles. The van der Waals surface area contributed by atoms with E-state index in [0.717, 1.165) is 12.5 Å². The molecule has 0 radical (unpaired) electrons. The van der Waals surface area contributed by atoms with Gasteiger partial charge < -0.3 is 4.90 Å². The summed E-state index contributed by atoms with van der Waals surface area (Å²) in [6, 6.07) is 0.543. The Kier molecular flexibility index (Phi) is 2.34. The van der Waals surface area contributed by atoms with Crippen LogP contribution in [-0.2, 0) is 11.3 Å². The van der Waals surface area contributed by atoms with Gasteiger partial charge in [0.15, 0.2) is 0 Å². The minimum Gasteiger partial charge on any atom is -0.339 e. The van der Waals surface area contributed by atoms with E-state index >= 15 is 0 Å². The van der Waals surface area contributed by atoms with Gasteiger partial charge in [0.1, 0.15) is 6.33 Å². The first-order valence-corrected chi connectivity index (χ1v) is 5.85. The molecule has 0 spiro atoms. The SMILES string of the molecule is O=C(CCn1cnnn1)N1C[C@@H]2CCC[C@@H]21. The van der Waals surface area contributed by atoms with E-state index in [2.05, 4.69) is 15.5 Å². The third kappa shape index (κ3) is 1.58. The van der Waals surface area contributed by atoms with E-state index in [4.69, 9.17) is 0 Å². The molecule has 0 N–H and O–H groups in total. The fraction of sp³-hybridized carbons (Fsp3) is 0.800. The predicted molar refractivity (Wildman–Crippen MR) is 55.3 cm³/mol. The Morgan fingerprint density at radius 1 is 1.44 bits per heavy atom. The van der Waals surface area contributed by atoms with Crippen molar-refractivity contribution in [2.75, 3.05) is 6.54 Å². The average Bonchev–Trinajstić information content (AvgIpc) is 2.86. The van der Waals surface area contributed by atoms with Gasteiger partial charge in [-0.1, -0.05) is 6.42 Å². The van der Waals surface area contributed by atoms with Crippen LogP contribution in [0, 0.1) is 5.92 Å². The highest BCUT2D eigenvalue weighted by molar-refractivity contribution is 5.77. The van der Waals surface area contributed by atoms with Crippen LogP contribution in [0.25, 0.3) is 0 Å². The van der Waals surface area contributed by atoms with E-state index < -0.39 is 0 Å². The van der Waals surface area contributed by atoms with Crippen LogP contribution in [0.15, 0.2) is 6.33 Å². The quantitative estimate of drug-likeness (QED) is 0.724. The molecular weight excluding hydrogens is 206 g/mol. The first-order valence-electron chi connectivity index (χ1n) is 5.85. The highest BCUT2D eigenvalue weighted by atomic mass is 16.2. The van der Waals surface area contributed by atoms with Crippen LogP contribution in [0.4, 0.5) is 0 Å². The first kappa shape index (κ1) is 9.74. The van der Waals surface area contributed by atoms with Crippen molar-refractivity contribution < 1.29 is 4.79 Å². The average molecular weight is 221 g/mol. The van der Waals surface area contributed by atoms with Crippen LogP contribution >= 0.6 is 0 Å². The number of amides is 1. The van der Waals surface area contributed by atoms with Gasteiger partial charge in [0.25, 0.3) is 0 Å². The Morgan fingerprint density at radius 2 is 2.38 bits per heavy atom. The van der Waals surface area contributed by atoms with Gasteiger partial charge in [-0.25, -0.2) is 4.68 Å². The third-order valence-corrected chi connectivity index (χ3v) is 3.72. The minimum absolute atomic E-state index is 0.249. The number of aromatic nitrogens is 4. The van der Waals surface area contributed by atoms with Crippen LogP contribution in [0.3, 0.4) is 0 Å². The number of hydrogen-bond acceptors (Lipinski definition) is 4. The molecule has 1 aromatic rings. The van der Waals surface area contributed by atoms with Crippen molar-refractivity contribution in [3.63, 3.8) is 0 Å². The maximum atomic E-state index is 11.9. The van der Waals surface area contributed by atoms with E-state index in [1.807, 2.05) is 4.90 Å². The van der Waals surface area contributed by atoms with Gasteiger partial charge in [0.05, 0.1) is 6.54 Å². The van der Waals surface area contributed by atoms with Crippen LogP contribution < -0.4 is 0 Å². The van der Waals surface area contributed by atoms with Gasteiger partial charge in [0, 0.05) is 19.0 Å². The molecule has 1 amide bonds. The number of aryl methyl sites for hydroxylation is 1. The van der Waals surface area contributed by atoms with E-state index in [0.29, 0.717) is 19.0 Å². The van der Waals surface area contributed by atoms with Crippen molar-refractivity contribution in [2.24, 2.45) is 5.92 Å². The smallest absolute Gasteiger partial charge is 0.224 e. The van der Waals surface area contributed by atoms with Gasteiger partial charge in [-0.2, -0.15) is 0 Å². The van der Waals surface area contributed by atoms with Gasteiger partial charge in [-0.15, -0.1) is 5.10 Å². The van der Waals surface area contributed by atoms with Crippen molar-refractivity contribution in [1.29, 1.82) is 0 Å². The van der Waals surface area contributed by atoms with Crippen molar-refractivity contribution >= 4 is 5.91 Å². The number of fused-ring (bicyclic) bond motifs is 1. The number of hydrogen-bond donors (Lipinski definition) is 0. The number of likely N-dealkylation sites (tertiary alicyclic amines) is 1. The lowest BCUT2D eigenvalue weighted by molar-refractivity contribution is -0.142. The van der Waals surface area contributed by atoms with Crippen molar-refractivity contribution in [3.8, 4) is 0 Å². The molecule has 0 bridgehead atoms. The topological polar surface area (TPSA) is 63.9 Å². The van der Waals surface area contributed by atoms with Gasteiger partial charge in [-0.05, 0) is 29.2 Å². The second-order valence-electron chi connectivity index (χ2n) is 4.63. The van der Waals surface area contributed by atoms with Crippen LogP contribution in [0.1, 0.15) is 25.7 Å². The summed E-state index contributed by atoms with van der Waals surface area (Å²) in [5.74, 6) is 1.04. The highest BCUT2D eigenvalue weighted by Gasteiger charge is 2.43. The van der Waals surface area contributed by atoms with Crippen molar-refractivity contribution in [1.82, 2.24) is 25.1 Å². The van der Waals surface area contributed by atoms with Crippen molar-refractivity contribution in [2.45, 2.75) is 38.3 Å². The molecule has 1 aromatic heterocycles. The lowest BCUT2D eigenvalue weighted by Gasteiger charge is -2.44. The van der Waals surface area contributed by atoms with Gasteiger partial charge in [-0.3, -0.25) is 4.79 Å². The number of carbonyl (C=O) groups excluding carboxylic acids is 1. The van der Waals surface area contributed by atoms with Gasteiger partial charge in [0.2, 0.25) is 5.91 Å². The molecule has 86 valence electrons. The van der Waals surface area contributed by atoms with Crippen LogP contribution in [0.2, 0.25) is 0 Å². The summed E-state index contributed by atoms with van der Waals surface area (Å²) in [7, 11) is 0. The summed E-state index contributed by atoms with van der Waals surface area (Å²) in [5, 5.41) is 10.8. The molecule has 0 aromatic carbocycles. The molecule has 6 heteroatoms. The Bertz CT molecular complexity index is 377. The molecule has 1 saturated heterocycles. The first-order chi connectivity index (χ1) is 7.84. The summed E-state index contributed by atoms with van der Waals surface area (Å²) >= 11 is 0. The number of tetrazole rings is 1. The fourth-order valence-corrected chi connectivity index (χ4v) is 2.81. The fourth-order valence-electron chi connectivity index (χ4n) is 2.81. The normalized spacial score (nSPS) is 27.6. The molecule has 6 nitrogen and oxygen atoms in total. The second-order valence-corrected chi connectivity index (χ2v) is 4.63. The Hall–Kier alpha value is -1.46. The van der Waals surface area contributed by atoms with Crippen molar-refractivity contribution in [3.05, 3.63) is 6.33 Å². The lowest BCUT2D eigenvalue weighted by Crippen LogP contribution is -2.56. The molecular formula is C10H15N5O. The Balaban J connectivity index is 1.51. The Morgan fingerprint density at radius 3 is 3.12 bits per heavy atom. The molecule has 0 unspecified atom stereocenters. The molecule has 2 heterocycles. The maximum absolute atomic E-state index is 11.9. The molecule has 2 fully saturated rings. The summed E-state index contributed by atoms with van der Waals surface area (Å²) < 4.78 is 1.60. The van der Waals surface area contributed by atoms with Gasteiger partial charge >= 0.3 is 0 Å². The Labute approximate surface area is 93.6 Å². The number of nitrogens with zero attached hydrogens (tertiary/aromatic N) is 5. The molecule has 16 heavy (non-hydrogen) atoms. The number of rotatable bonds is 3. The maximum Gasteiger partial charge on any atom is 0.224 e. The van der Waals surface area contributed by atoms with Crippen LogP contribution in [-0.4, -0.2) is 43.6 Å². The molecule has 1 saturated carbocycles. The third-order valence-electron chi connectivity index (χ3n) is 3.72. The zero-order valence-corrected chi connectivity index (χ0v) is 9.12. The summed E-state index contributed by atoms with van der Waals surface area (Å²) in [5.41, 5.74) is 0. The zero-order chi connectivity index (χ0) is 11.0. The summed E-state index contributed by atoms with van der Waals surface area (Å²) in [4.78, 5) is 13.9. The number of carbonyl (C=O) groups is 1. The van der Waals surface area contributed by atoms with E-state index in [1.54, 1.807) is 11.0 Å². The standard InChI is InChI=1S/C10H15N5O/c16-10(4-5-14-7-11-12-13-14)15-6-8-2-1-3-9(8)15/h7-9H,1-6H2/t8-,9-/m0/s1. The molecule has 2 atom stereocenters. The lowest BCUT2D eigenvalue weighted by atomic mass is 9.91. The summed E-state index contributed by atoms with van der Waals surface area (Å²) in [6.07, 6.45) is 5.84. The second kappa shape index (κ2) is 3.84. The molecule has 1 aliphatic carbocycles.